The first-order valence-electron chi connectivity index (χ1n) is 11.8. The number of primary amides is 1. The van der Waals surface area contributed by atoms with Crippen molar-refractivity contribution in [2.45, 2.75) is 76.3 Å². The SMILES string of the molecule is C=CCC(C)(C)CN(CCC[C@]12CCC(CC(c3cccc(C(N)=O)c3)C1)N2)C(=O)CO. The molecule has 0 spiro atoms. The van der Waals surface area contributed by atoms with Gasteiger partial charge in [0.25, 0.3) is 0 Å². The van der Waals surface area contributed by atoms with Gasteiger partial charge < -0.3 is 21.1 Å². The molecule has 1 aromatic rings. The van der Waals surface area contributed by atoms with Crippen molar-refractivity contribution in [2.24, 2.45) is 11.1 Å². The Labute approximate surface area is 192 Å². The van der Waals surface area contributed by atoms with Crippen molar-refractivity contribution >= 4 is 11.8 Å². The van der Waals surface area contributed by atoms with Crippen LogP contribution in [0.5, 0.6) is 0 Å². The number of allylic oxidation sites excluding steroid dienone is 1. The number of nitrogens with one attached hydrogen (secondary N) is 1. The third-order valence-corrected chi connectivity index (χ3v) is 7.22. The van der Waals surface area contributed by atoms with Crippen LogP contribution in [0.4, 0.5) is 0 Å². The molecule has 2 heterocycles. The van der Waals surface area contributed by atoms with Crippen molar-refractivity contribution in [2.75, 3.05) is 19.7 Å². The van der Waals surface area contributed by atoms with E-state index in [-0.39, 0.29) is 22.8 Å². The number of fused-ring (bicyclic) bond motifs is 2. The number of rotatable bonds is 11. The fraction of sp³-hybridized carbons (Fsp3) is 0.615. The number of nitrogens with zero attached hydrogens (tertiary/aromatic N) is 1. The molecule has 2 unspecified atom stereocenters. The zero-order valence-corrected chi connectivity index (χ0v) is 19.6. The number of amides is 2. The molecule has 2 amide bonds. The van der Waals surface area contributed by atoms with Crippen molar-refractivity contribution in [1.29, 1.82) is 0 Å². The third kappa shape index (κ3) is 5.99. The summed E-state index contributed by atoms with van der Waals surface area (Å²) in [5.74, 6) is -0.182. The summed E-state index contributed by atoms with van der Waals surface area (Å²) in [5.41, 5.74) is 7.26. The largest absolute Gasteiger partial charge is 0.387 e. The molecular weight excluding hydrogens is 402 g/mol. The Balaban J connectivity index is 1.64. The average Bonchev–Trinajstić information content (AvgIpc) is 3.06. The molecule has 1 aromatic carbocycles. The highest BCUT2D eigenvalue weighted by Crippen LogP contribution is 2.45. The molecule has 2 fully saturated rings. The van der Waals surface area contributed by atoms with Crippen LogP contribution >= 0.6 is 0 Å². The van der Waals surface area contributed by atoms with Gasteiger partial charge in [-0.1, -0.05) is 32.1 Å². The van der Waals surface area contributed by atoms with E-state index in [4.69, 9.17) is 5.73 Å². The molecule has 2 bridgehead atoms. The monoisotopic (exact) mass is 441 g/mol. The van der Waals surface area contributed by atoms with Crippen molar-refractivity contribution in [3.05, 3.63) is 48.0 Å². The van der Waals surface area contributed by atoms with Gasteiger partial charge in [0.2, 0.25) is 11.8 Å². The van der Waals surface area contributed by atoms with Gasteiger partial charge in [-0.25, -0.2) is 0 Å². The Morgan fingerprint density at radius 1 is 1.41 bits per heavy atom. The van der Waals surface area contributed by atoms with Gasteiger partial charge >= 0.3 is 0 Å². The average molecular weight is 442 g/mol. The zero-order chi connectivity index (χ0) is 23.4. The highest BCUT2D eigenvalue weighted by molar-refractivity contribution is 5.92. The van der Waals surface area contributed by atoms with Gasteiger partial charge in [0.1, 0.15) is 6.61 Å². The quantitative estimate of drug-likeness (QED) is 0.459. The molecule has 176 valence electrons. The Morgan fingerprint density at radius 2 is 2.19 bits per heavy atom. The first-order chi connectivity index (χ1) is 15.2. The van der Waals surface area contributed by atoms with Crippen LogP contribution in [0, 0.1) is 5.41 Å². The minimum atomic E-state index is -0.450. The molecule has 3 atom stereocenters. The normalized spacial score (nSPS) is 24.8. The van der Waals surface area contributed by atoms with Crippen LogP contribution in [0.15, 0.2) is 36.9 Å². The molecule has 0 radical (unpaired) electrons. The summed E-state index contributed by atoms with van der Waals surface area (Å²) in [7, 11) is 0. The number of carbonyl (C=O) groups excluding carboxylic acids is 2. The summed E-state index contributed by atoms with van der Waals surface area (Å²) in [5, 5.41) is 13.3. The number of carbonyl (C=O) groups is 2. The fourth-order valence-electron chi connectivity index (χ4n) is 5.74. The molecule has 4 N–H and O–H groups in total. The molecule has 0 aromatic heterocycles. The lowest BCUT2D eigenvalue weighted by Gasteiger charge is -2.40. The summed E-state index contributed by atoms with van der Waals surface area (Å²) >= 11 is 0. The molecule has 2 saturated heterocycles. The summed E-state index contributed by atoms with van der Waals surface area (Å²) in [6.45, 7) is 8.89. The van der Waals surface area contributed by atoms with Crippen molar-refractivity contribution < 1.29 is 14.7 Å². The van der Waals surface area contributed by atoms with Crippen LogP contribution in [-0.2, 0) is 4.79 Å². The zero-order valence-electron chi connectivity index (χ0n) is 19.6. The second-order valence-electron chi connectivity index (χ2n) is 10.5. The van der Waals surface area contributed by atoms with Gasteiger partial charge in [-0.2, -0.15) is 0 Å². The maximum absolute atomic E-state index is 12.4. The highest BCUT2D eigenvalue weighted by Gasteiger charge is 2.45. The van der Waals surface area contributed by atoms with Crippen molar-refractivity contribution in [3.8, 4) is 0 Å². The van der Waals surface area contributed by atoms with E-state index in [1.807, 2.05) is 23.1 Å². The molecule has 2 aliphatic heterocycles. The maximum atomic E-state index is 12.4. The van der Waals surface area contributed by atoms with E-state index in [0.29, 0.717) is 30.6 Å². The van der Waals surface area contributed by atoms with Gasteiger partial charge in [0.15, 0.2) is 0 Å². The van der Waals surface area contributed by atoms with E-state index < -0.39 is 6.61 Å². The van der Waals surface area contributed by atoms with Gasteiger partial charge in [-0.15, -0.1) is 6.58 Å². The van der Waals surface area contributed by atoms with E-state index in [0.717, 1.165) is 44.9 Å². The van der Waals surface area contributed by atoms with Gasteiger partial charge in [0.05, 0.1) is 0 Å². The Morgan fingerprint density at radius 3 is 2.88 bits per heavy atom. The van der Waals surface area contributed by atoms with Crippen LogP contribution in [0.25, 0.3) is 0 Å². The predicted molar refractivity (Wildman–Crippen MR) is 127 cm³/mol. The summed E-state index contributed by atoms with van der Waals surface area (Å²) in [4.78, 5) is 25.8. The lowest BCUT2D eigenvalue weighted by molar-refractivity contribution is -0.135. The second-order valence-corrected chi connectivity index (χ2v) is 10.5. The molecule has 2 aliphatic rings. The van der Waals surface area contributed by atoms with Crippen LogP contribution in [0.3, 0.4) is 0 Å². The van der Waals surface area contributed by atoms with Gasteiger partial charge in [-0.05, 0) is 74.0 Å². The first kappa shape index (κ1) is 24.5. The van der Waals surface area contributed by atoms with Crippen LogP contribution in [-0.4, -0.2) is 53.1 Å². The fourth-order valence-corrected chi connectivity index (χ4v) is 5.74. The Kier molecular flexibility index (Phi) is 7.78. The summed E-state index contributed by atoms with van der Waals surface area (Å²) in [6, 6.07) is 8.26. The van der Waals surface area contributed by atoms with E-state index in [1.165, 1.54) is 5.56 Å². The lowest BCUT2D eigenvalue weighted by atomic mass is 9.77. The van der Waals surface area contributed by atoms with Crippen LogP contribution in [0.2, 0.25) is 0 Å². The molecule has 6 nitrogen and oxygen atoms in total. The number of nitrogens with two attached hydrogens (primary N) is 1. The second kappa shape index (κ2) is 10.2. The maximum Gasteiger partial charge on any atom is 0.248 e. The number of piperidine rings is 1. The topological polar surface area (TPSA) is 95.7 Å². The van der Waals surface area contributed by atoms with Crippen molar-refractivity contribution in [3.63, 3.8) is 0 Å². The lowest BCUT2D eigenvalue weighted by Crippen LogP contribution is -2.49. The van der Waals surface area contributed by atoms with E-state index in [9.17, 15) is 14.7 Å². The third-order valence-electron chi connectivity index (χ3n) is 7.22. The number of aliphatic hydroxyl groups excluding tert-OH is 1. The van der Waals surface area contributed by atoms with E-state index in [1.54, 1.807) is 6.07 Å². The highest BCUT2D eigenvalue weighted by atomic mass is 16.3. The molecule has 0 aliphatic carbocycles. The Hall–Kier alpha value is -2.18. The predicted octanol–water partition coefficient (Wildman–Crippen LogP) is 3.36. The minimum Gasteiger partial charge on any atom is -0.387 e. The van der Waals surface area contributed by atoms with Crippen LogP contribution in [0.1, 0.15) is 80.6 Å². The van der Waals surface area contributed by atoms with Gasteiger partial charge in [-0.3, -0.25) is 9.59 Å². The van der Waals surface area contributed by atoms with Gasteiger partial charge in [0, 0.05) is 30.2 Å². The standard InChI is InChI=1S/C26H39N3O3/c1-4-10-25(2,3)18-29(23(31)17-30)13-6-11-26-12-9-22(28-26)15-21(16-26)19-7-5-8-20(14-19)24(27)32/h4-5,7-8,14,21-22,28,30H,1,6,9-13,15-18H2,2-3H3,(H2,27,32)/t21?,22?,26-/m0/s1. The molecule has 0 saturated carbocycles. The summed E-state index contributed by atoms with van der Waals surface area (Å²) in [6.07, 6.45) is 9.00. The number of aliphatic hydroxyl groups is 1. The summed E-state index contributed by atoms with van der Waals surface area (Å²) < 4.78 is 0. The molecule has 6 heteroatoms. The minimum absolute atomic E-state index is 0.0665. The van der Waals surface area contributed by atoms with E-state index in [2.05, 4.69) is 31.8 Å². The molecule has 3 rings (SSSR count). The first-order valence-corrected chi connectivity index (χ1v) is 11.8. The Bertz CT molecular complexity index is 837. The molecule has 32 heavy (non-hydrogen) atoms. The number of hydrogen-bond acceptors (Lipinski definition) is 4. The molecular formula is C26H39N3O3. The number of benzene rings is 1. The van der Waals surface area contributed by atoms with Crippen molar-refractivity contribution in [1.82, 2.24) is 10.2 Å². The van der Waals surface area contributed by atoms with Crippen LogP contribution < -0.4 is 11.1 Å². The number of hydrogen-bond donors (Lipinski definition) is 3. The van der Waals surface area contributed by atoms with E-state index >= 15 is 0 Å². The smallest absolute Gasteiger partial charge is 0.248 e.